The van der Waals surface area contributed by atoms with Crippen molar-refractivity contribution in [2.75, 3.05) is 18.5 Å². The van der Waals surface area contributed by atoms with Crippen LogP contribution in [0.4, 0.5) is 5.82 Å². The number of ether oxygens (including phenoxy) is 2. The number of esters is 1. The van der Waals surface area contributed by atoms with E-state index >= 15 is 0 Å². The molecular weight excluding hydrogens is 422 g/mol. The highest BCUT2D eigenvalue weighted by atomic mass is 16.6. The maximum Gasteiger partial charge on any atom is 0.351 e. The molecule has 172 valence electrons. The number of rotatable bonds is 8. The SMILES string of the molecule is CCCCOC(=O)c1ccccc1C(=O)Nc1ccn(C2OC(CO)C(O)C2O)c(=O)n1. The average molecular weight is 447 g/mol. The first-order valence-corrected chi connectivity index (χ1v) is 10.2. The first kappa shape index (κ1) is 23.5. The Balaban J connectivity index is 1.75. The molecule has 4 unspecified atom stereocenters. The quantitative estimate of drug-likeness (QED) is 0.324. The number of carbonyl (C=O) groups is 2. The van der Waals surface area contributed by atoms with E-state index in [0.29, 0.717) is 6.42 Å². The molecule has 1 aromatic carbocycles. The minimum Gasteiger partial charge on any atom is -0.462 e. The number of hydrogen-bond donors (Lipinski definition) is 4. The summed E-state index contributed by atoms with van der Waals surface area (Å²) in [5.74, 6) is -1.38. The Morgan fingerprint density at radius 3 is 2.53 bits per heavy atom. The number of aromatic nitrogens is 2. The summed E-state index contributed by atoms with van der Waals surface area (Å²) < 4.78 is 11.4. The van der Waals surface area contributed by atoms with E-state index in [1.54, 1.807) is 12.1 Å². The number of anilines is 1. The Bertz CT molecular complexity index is 1020. The highest BCUT2D eigenvalue weighted by molar-refractivity contribution is 6.10. The number of carbonyl (C=O) groups excluding carboxylic acids is 2. The number of hydrogen-bond acceptors (Lipinski definition) is 9. The van der Waals surface area contributed by atoms with Crippen molar-refractivity contribution in [1.29, 1.82) is 0 Å². The van der Waals surface area contributed by atoms with Crippen molar-refractivity contribution >= 4 is 17.7 Å². The molecule has 0 radical (unpaired) electrons. The molecule has 4 atom stereocenters. The van der Waals surface area contributed by atoms with Gasteiger partial charge in [-0.05, 0) is 24.6 Å². The highest BCUT2D eigenvalue weighted by Gasteiger charge is 2.43. The summed E-state index contributed by atoms with van der Waals surface area (Å²) >= 11 is 0. The molecule has 1 aromatic heterocycles. The van der Waals surface area contributed by atoms with Crippen LogP contribution in [0.3, 0.4) is 0 Å². The maximum atomic E-state index is 12.7. The first-order valence-electron chi connectivity index (χ1n) is 10.2. The largest absolute Gasteiger partial charge is 0.462 e. The van der Waals surface area contributed by atoms with Crippen LogP contribution in [-0.2, 0) is 9.47 Å². The van der Waals surface area contributed by atoms with Crippen LogP contribution in [0.5, 0.6) is 0 Å². The topological polar surface area (TPSA) is 160 Å². The summed E-state index contributed by atoms with van der Waals surface area (Å²) in [6.07, 6.45) is -2.32. The van der Waals surface area contributed by atoms with Gasteiger partial charge < -0.3 is 30.1 Å². The number of benzene rings is 1. The summed E-state index contributed by atoms with van der Waals surface area (Å²) in [6, 6.07) is 7.41. The third kappa shape index (κ3) is 5.02. The number of aliphatic hydroxyl groups excluding tert-OH is 3. The van der Waals surface area contributed by atoms with E-state index < -0.39 is 48.7 Å². The van der Waals surface area contributed by atoms with Crippen molar-refractivity contribution < 1.29 is 34.4 Å². The molecule has 1 saturated heterocycles. The van der Waals surface area contributed by atoms with Gasteiger partial charge in [-0.3, -0.25) is 9.36 Å². The lowest BCUT2D eigenvalue weighted by atomic mass is 10.1. The number of nitrogens with one attached hydrogen (secondary N) is 1. The number of unbranched alkanes of at least 4 members (excludes halogenated alkanes) is 1. The van der Waals surface area contributed by atoms with Gasteiger partial charge in [0.05, 0.1) is 24.3 Å². The van der Waals surface area contributed by atoms with Crippen LogP contribution in [-0.4, -0.2) is 68.3 Å². The zero-order valence-corrected chi connectivity index (χ0v) is 17.4. The molecule has 2 heterocycles. The van der Waals surface area contributed by atoms with Crippen molar-refractivity contribution in [3.63, 3.8) is 0 Å². The second-order valence-corrected chi connectivity index (χ2v) is 7.22. The molecule has 1 fully saturated rings. The molecule has 1 amide bonds. The van der Waals surface area contributed by atoms with Crippen LogP contribution < -0.4 is 11.0 Å². The minimum absolute atomic E-state index is 0.0587. The zero-order valence-electron chi connectivity index (χ0n) is 17.4. The normalized spacial score (nSPS) is 22.5. The number of amides is 1. The van der Waals surface area contributed by atoms with Crippen LogP contribution in [0.1, 0.15) is 46.7 Å². The van der Waals surface area contributed by atoms with Crippen LogP contribution in [0, 0.1) is 0 Å². The van der Waals surface area contributed by atoms with E-state index in [4.69, 9.17) is 9.47 Å². The molecule has 1 aliphatic heterocycles. The van der Waals surface area contributed by atoms with Crippen LogP contribution in [0.15, 0.2) is 41.3 Å². The Morgan fingerprint density at radius 2 is 1.91 bits per heavy atom. The molecule has 32 heavy (non-hydrogen) atoms. The first-order chi connectivity index (χ1) is 15.4. The third-order valence-corrected chi connectivity index (χ3v) is 4.99. The Hall–Kier alpha value is -3.12. The predicted molar refractivity (Wildman–Crippen MR) is 111 cm³/mol. The van der Waals surface area contributed by atoms with E-state index in [9.17, 15) is 29.7 Å². The van der Waals surface area contributed by atoms with Crippen LogP contribution in [0.25, 0.3) is 0 Å². The van der Waals surface area contributed by atoms with Crippen LogP contribution >= 0.6 is 0 Å². The lowest BCUT2D eigenvalue weighted by Crippen LogP contribution is -2.36. The molecule has 2 aromatic rings. The summed E-state index contributed by atoms with van der Waals surface area (Å²) in [4.78, 5) is 41.2. The molecule has 0 aliphatic carbocycles. The monoisotopic (exact) mass is 447 g/mol. The third-order valence-electron chi connectivity index (χ3n) is 4.99. The standard InChI is InChI=1S/C21H25N3O8/c1-2-3-10-31-20(29)13-7-5-4-6-12(13)18(28)22-15-8-9-24(21(30)23-15)19-17(27)16(26)14(11-25)32-19/h4-9,14,16-17,19,25-27H,2-3,10-11H2,1H3,(H,22,23,28,30). The van der Waals surface area contributed by atoms with Gasteiger partial charge in [-0.1, -0.05) is 25.5 Å². The molecule has 4 N–H and O–H groups in total. The van der Waals surface area contributed by atoms with Crippen molar-refractivity contribution in [2.24, 2.45) is 0 Å². The Kier molecular flexibility index (Phi) is 7.70. The summed E-state index contributed by atoms with van der Waals surface area (Å²) in [5.41, 5.74) is -0.714. The summed E-state index contributed by atoms with van der Waals surface area (Å²) in [6.45, 7) is 1.67. The van der Waals surface area contributed by atoms with E-state index in [1.807, 2.05) is 6.92 Å². The fourth-order valence-corrected chi connectivity index (χ4v) is 3.22. The maximum absolute atomic E-state index is 12.7. The molecule has 0 spiro atoms. The Morgan fingerprint density at radius 1 is 1.19 bits per heavy atom. The van der Waals surface area contributed by atoms with Gasteiger partial charge >= 0.3 is 11.7 Å². The van der Waals surface area contributed by atoms with Gasteiger partial charge in [-0.15, -0.1) is 0 Å². The molecule has 11 nitrogen and oxygen atoms in total. The summed E-state index contributed by atoms with van der Waals surface area (Å²) in [7, 11) is 0. The minimum atomic E-state index is -1.45. The molecule has 11 heteroatoms. The van der Waals surface area contributed by atoms with Gasteiger partial charge in [0.2, 0.25) is 0 Å². The van der Waals surface area contributed by atoms with Crippen LogP contribution in [0.2, 0.25) is 0 Å². The number of aliphatic hydroxyl groups is 3. The van der Waals surface area contributed by atoms with Gasteiger partial charge in [-0.2, -0.15) is 4.98 Å². The summed E-state index contributed by atoms with van der Waals surface area (Å²) in [5, 5.41) is 31.6. The van der Waals surface area contributed by atoms with Crippen molar-refractivity contribution in [3.8, 4) is 0 Å². The van der Waals surface area contributed by atoms with Crippen molar-refractivity contribution in [3.05, 3.63) is 58.1 Å². The zero-order chi connectivity index (χ0) is 23.3. The number of nitrogens with zero attached hydrogens (tertiary/aromatic N) is 2. The highest BCUT2D eigenvalue weighted by Crippen LogP contribution is 2.28. The lowest BCUT2D eigenvalue weighted by molar-refractivity contribution is -0.0549. The van der Waals surface area contributed by atoms with E-state index in [-0.39, 0.29) is 23.6 Å². The smallest absolute Gasteiger partial charge is 0.351 e. The molecule has 3 rings (SSSR count). The van der Waals surface area contributed by atoms with Crippen molar-refractivity contribution in [2.45, 2.75) is 44.3 Å². The van der Waals surface area contributed by atoms with Gasteiger partial charge in [0.1, 0.15) is 24.1 Å². The molecule has 1 aliphatic rings. The van der Waals surface area contributed by atoms with Gasteiger partial charge in [-0.25, -0.2) is 9.59 Å². The molecule has 0 bridgehead atoms. The van der Waals surface area contributed by atoms with E-state index in [1.165, 1.54) is 24.4 Å². The van der Waals surface area contributed by atoms with Crippen molar-refractivity contribution in [1.82, 2.24) is 9.55 Å². The van der Waals surface area contributed by atoms with E-state index in [0.717, 1.165) is 11.0 Å². The molecular formula is C21H25N3O8. The predicted octanol–water partition coefficient (Wildman–Crippen LogP) is 0.0640. The Labute approximate surface area is 183 Å². The second-order valence-electron chi connectivity index (χ2n) is 7.22. The van der Waals surface area contributed by atoms with Gasteiger partial charge in [0.25, 0.3) is 5.91 Å². The van der Waals surface area contributed by atoms with Gasteiger partial charge in [0.15, 0.2) is 6.23 Å². The fraction of sp³-hybridized carbons (Fsp3) is 0.429. The van der Waals surface area contributed by atoms with Gasteiger partial charge in [0, 0.05) is 6.20 Å². The fourth-order valence-electron chi connectivity index (χ4n) is 3.22. The van der Waals surface area contributed by atoms with E-state index in [2.05, 4.69) is 10.3 Å². The molecule has 0 saturated carbocycles. The second kappa shape index (κ2) is 10.5. The lowest BCUT2D eigenvalue weighted by Gasteiger charge is -2.17. The average Bonchev–Trinajstić information content (AvgIpc) is 3.07.